The van der Waals surface area contributed by atoms with Crippen molar-refractivity contribution in [3.05, 3.63) is 432 Å². The predicted molar refractivity (Wildman–Crippen MR) is 417 cm³/mol. The molecule has 0 aliphatic carbocycles. The van der Waals surface area contributed by atoms with E-state index >= 15 is 0 Å². The van der Waals surface area contributed by atoms with Gasteiger partial charge in [0, 0.05) is 66.8 Å². The van der Waals surface area contributed by atoms with Crippen molar-refractivity contribution in [2.75, 3.05) is 0 Å². The Morgan fingerprint density at radius 3 is 0.667 bits per heavy atom. The maximum Gasteiger partial charge on any atom is 0.261 e. The zero-order valence-corrected chi connectivity index (χ0v) is 56.2. The first-order valence-corrected chi connectivity index (χ1v) is 35.0. The van der Waals surface area contributed by atoms with Crippen molar-refractivity contribution in [1.82, 2.24) is 19.1 Å². The van der Waals surface area contributed by atoms with E-state index < -0.39 is 11.6 Å². The third-order valence-corrected chi connectivity index (χ3v) is 19.5. The van der Waals surface area contributed by atoms with Crippen molar-refractivity contribution in [3.8, 4) is 67.8 Å². The molecule has 0 radical (unpaired) electrons. The van der Waals surface area contributed by atoms with Crippen molar-refractivity contribution in [2.24, 2.45) is 20.0 Å². The highest BCUT2D eigenvalue weighted by Gasteiger charge is 2.51. The molecule has 486 valence electrons. The van der Waals surface area contributed by atoms with Gasteiger partial charge in [-0.2, -0.15) is 0 Å². The molecule has 0 atom stereocenters. The molecule has 2 spiro atoms. The van der Waals surface area contributed by atoms with Gasteiger partial charge in [-0.25, -0.2) is 29.9 Å². The van der Waals surface area contributed by atoms with Gasteiger partial charge in [0.05, 0.1) is 45.6 Å². The molecule has 4 aliphatic rings. The van der Waals surface area contributed by atoms with Crippen LogP contribution in [0.1, 0.15) is 55.6 Å². The summed E-state index contributed by atoms with van der Waals surface area (Å²) in [6.45, 7) is 0. The van der Waals surface area contributed by atoms with E-state index in [-0.39, 0.29) is 0 Å². The number of hydrogen-bond donors (Lipinski definition) is 0. The highest BCUT2D eigenvalue weighted by Crippen LogP contribution is 2.55. The van der Waals surface area contributed by atoms with Crippen LogP contribution in [0, 0.1) is 0 Å². The molecule has 0 saturated carbocycles. The van der Waals surface area contributed by atoms with Crippen LogP contribution >= 0.6 is 0 Å². The summed E-state index contributed by atoms with van der Waals surface area (Å²) in [6, 6.07) is 131. The van der Waals surface area contributed by atoms with E-state index in [1.807, 2.05) is 109 Å². The number of fused-ring (bicyclic) bond motifs is 12. The monoisotopic (exact) mass is 1310 g/mol. The number of imidazole rings is 2. The summed E-state index contributed by atoms with van der Waals surface area (Å²) in [6.07, 6.45) is 2.74. The molecule has 0 saturated heterocycles. The fourth-order valence-corrected chi connectivity index (χ4v) is 14.8. The number of rotatable bonds is 8. The first-order chi connectivity index (χ1) is 50.6. The lowest BCUT2D eigenvalue weighted by Crippen LogP contribution is -2.34. The normalized spacial score (nSPS) is 14.1. The molecule has 8 heteroatoms. The van der Waals surface area contributed by atoms with Crippen LogP contribution in [-0.2, 0) is 37.3 Å². The first-order valence-electron chi connectivity index (χ1n) is 35.0. The minimum absolute atomic E-state index is 0.682. The smallest absolute Gasteiger partial charge is 0.261 e. The lowest BCUT2D eigenvalue weighted by atomic mass is 9.85. The highest BCUT2D eigenvalue weighted by molar-refractivity contribution is 6.55. The number of aryl methyl sites for hydroxylation is 4. The molecule has 4 aliphatic heterocycles. The lowest BCUT2D eigenvalue weighted by Gasteiger charge is -2.33. The summed E-state index contributed by atoms with van der Waals surface area (Å²) in [5.74, 6) is -1.21. The standard InChI is InChI=1S/C76H52N8.3C6H6/c1-9-25-49(26-10-1)65-66(50-27-11-2-12-28-50)80-75(79-65)63-47-57-42-44-60-46-61(73-77-69(53-33-17-5-18-34-53)71(83(73)75)55-37-21-7-22-38-55)58-41-43-59(63)45-62(57)74-78-70(54-35-19-6-20-36-54)72(56-39-23-8-24-40-56)84(74)76(64(60)48-58)81-67(51-29-13-3-14-30-51)68(82-76)52-31-15-4-16-32-52;3*1-2-4-6-5-3-1/h1-40,45-48H,41-44H2;3*1-6H. The van der Waals surface area contributed by atoms with Crippen LogP contribution < -0.4 is 0 Å². The minimum Gasteiger partial charge on any atom is -0.275 e. The summed E-state index contributed by atoms with van der Waals surface area (Å²) in [7, 11) is 0. The Balaban J connectivity index is 0.000000376. The molecule has 0 bridgehead atoms. The van der Waals surface area contributed by atoms with Crippen LogP contribution in [0.2, 0.25) is 0 Å². The molecular weight excluding hydrogens is 1240 g/mol. The maximum atomic E-state index is 6.23. The molecule has 0 N–H and O–H groups in total. The zero-order valence-electron chi connectivity index (χ0n) is 56.2. The fraction of sp³-hybridized carbons (Fsp3) is 0.0638. The van der Waals surface area contributed by atoms with Crippen molar-refractivity contribution in [3.63, 3.8) is 0 Å². The summed E-state index contributed by atoms with van der Waals surface area (Å²) in [4.78, 5) is 37.0. The second-order valence-electron chi connectivity index (χ2n) is 25.8. The van der Waals surface area contributed by atoms with Crippen LogP contribution in [0.4, 0.5) is 0 Å². The van der Waals surface area contributed by atoms with Gasteiger partial charge >= 0.3 is 0 Å². The Bertz CT molecular complexity index is 5000. The number of aliphatic imine (C=N–C) groups is 4. The maximum absolute atomic E-state index is 6.23. The second-order valence-corrected chi connectivity index (χ2v) is 25.8. The van der Waals surface area contributed by atoms with Gasteiger partial charge in [-0.3, -0.25) is 9.13 Å². The zero-order chi connectivity index (χ0) is 68.1. The van der Waals surface area contributed by atoms with Crippen molar-refractivity contribution < 1.29 is 0 Å². The molecule has 102 heavy (non-hydrogen) atoms. The average molecular weight is 1310 g/mol. The van der Waals surface area contributed by atoms with Crippen LogP contribution in [0.25, 0.3) is 67.8 Å². The SMILES string of the molecule is c1ccc(C2=NC3(N=C2c2ccccc2)c2cc4c5cc2CCc2cc(c(cc2-c2nc(-c6ccccc6)c(-c6ccccc6)n23)CC4)C2(N=C(c3ccccc3)C(c3ccccc3)=N2)n2c-5nc(-c3ccccc3)c2-c2ccccc2)cc1.c1ccccc1.c1ccccc1.c1ccccc1. The van der Waals surface area contributed by atoms with Gasteiger partial charge in [-0.15, -0.1) is 0 Å². The highest BCUT2D eigenvalue weighted by atomic mass is 15.4. The van der Waals surface area contributed by atoms with Crippen LogP contribution in [0.5, 0.6) is 0 Å². The number of hydrogen-bond acceptors (Lipinski definition) is 6. The quantitative estimate of drug-likeness (QED) is 0.152. The number of nitrogens with zero attached hydrogens (tertiary/aromatic N) is 8. The lowest BCUT2D eigenvalue weighted by molar-refractivity contribution is 0.403. The van der Waals surface area contributed by atoms with E-state index in [1.54, 1.807) is 0 Å². The third kappa shape index (κ3) is 11.6. The van der Waals surface area contributed by atoms with Crippen LogP contribution in [-0.4, -0.2) is 41.9 Å². The van der Waals surface area contributed by atoms with Gasteiger partial charge in [-0.05, 0) is 72.2 Å². The van der Waals surface area contributed by atoms with E-state index in [0.717, 1.165) is 146 Å². The van der Waals surface area contributed by atoms with Gasteiger partial charge in [0.25, 0.3) is 11.6 Å². The molecule has 0 fully saturated rings. The van der Waals surface area contributed by atoms with Crippen molar-refractivity contribution in [2.45, 2.75) is 37.3 Å². The van der Waals surface area contributed by atoms with E-state index in [1.165, 1.54) is 0 Å². The van der Waals surface area contributed by atoms with Crippen LogP contribution in [0.3, 0.4) is 0 Å². The Hall–Kier alpha value is -13.0. The largest absolute Gasteiger partial charge is 0.275 e. The molecule has 8 nitrogen and oxygen atoms in total. The Kier molecular flexibility index (Phi) is 17.0. The van der Waals surface area contributed by atoms with E-state index in [0.29, 0.717) is 25.7 Å². The third-order valence-electron chi connectivity index (χ3n) is 19.5. The molecular formula is C94H70N8. The van der Waals surface area contributed by atoms with Crippen molar-refractivity contribution >= 4 is 22.8 Å². The van der Waals surface area contributed by atoms with Gasteiger partial charge in [0.2, 0.25) is 0 Å². The predicted octanol–water partition coefficient (Wildman–Crippen LogP) is 21.0. The van der Waals surface area contributed by atoms with Crippen LogP contribution in [0.15, 0.2) is 396 Å². The summed E-state index contributed by atoms with van der Waals surface area (Å²) in [5, 5.41) is 0. The average Bonchev–Trinajstić information content (AvgIpc) is 1.52. The molecule has 2 aromatic heterocycles. The van der Waals surface area contributed by atoms with E-state index in [2.05, 4.69) is 276 Å². The van der Waals surface area contributed by atoms with Crippen molar-refractivity contribution in [1.29, 1.82) is 0 Å². The number of aromatic nitrogens is 4. The Morgan fingerprint density at radius 2 is 0.422 bits per heavy atom. The summed E-state index contributed by atoms with van der Waals surface area (Å²) < 4.78 is 4.84. The van der Waals surface area contributed by atoms with Gasteiger partial charge in [0.1, 0.15) is 11.6 Å². The Morgan fingerprint density at radius 1 is 0.216 bits per heavy atom. The Labute approximate surface area is 595 Å². The summed E-state index contributed by atoms with van der Waals surface area (Å²) in [5.41, 5.74) is 23.5. The molecule has 15 aromatic rings. The fourth-order valence-electron chi connectivity index (χ4n) is 14.8. The topological polar surface area (TPSA) is 85.1 Å². The van der Waals surface area contributed by atoms with Gasteiger partial charge in [0.15, 0.2) is 0 Å². The number of benzene rings is 13. The minimum atomic E-state index is -1.40. The molecule has 13 aromatic carbocycles. The molecule has 19 rings (SSSR count). The van der Waals surface area contributed by atoms with E-state index in [9.17, 15) is 0 Å². The van der Waals surface area contributed by atoms with Gasteiger partial charge in [-0.1, -0.05) is 352 Å². The molecule has 0 amide bonds. The van der Waals surface area contributed by atoms with E-state index in [4.69, 9.17) is 29.9 Å². The first kappa shape index (κ1) is 62.5. The second kappa shape index (κ2) is 27.7. The molecule has 0 unspecified atom stereocenters. The molecule has 6 heterocycles. The van der Waals surface area contributed by atoms with Gasteiger partial charge < -0.3 is 0 Å². The summed E-state index contributed by atoms with van der Waals surface area (Å²) >= 11 is 0.